The van der Waals surface area contributed by atoms with E-state index in [0.717, 1.165) is 18.4 Å². The van der Waals surface area contributed by atoms with Crippen LogP contribution >= 0.6 is 11.6 Å². The molecule has 0 aromatic heterocycles. The lowest BCUT2D eigenvalue weighted by Gasteiger charge is -2.21. The minimum absolute atomic E-state index is 0.0115. The Morgan fingerprint density at radius 2 is 2.36 bits per heavy atom. The summed E-state index contributed by atoms with van der Waals surface area (Å²) in [6, 6.07) is 5.41. The summed E-state index contributed by atoms with van der Waals surface area (Å²) in [6.07, 6.45) is 2.54. The van der Waals surface area contributed by atoms with E-state index in [2.05, 4.69) is 10.6 Å². The van der Waals surface area contributed by atoms with Crippen LogP contribution in [0, 0.1) is 0 Å². The van der Waals surface area contributed by atoms with E-state index in [1.165, 1.54) is 0 Å². The maximum Gasteiger partial charge on any atom is 0.237 e. The topological polar surface area (TPSA) is 59.6 Å². The van der Waals surface area contributed by atoms with Crippen molar-refractivity contribution in [3.63, 3.8) is 0 Å². The lowest BCUT2D eigenvalue weighted by atomic mass is 10.0. The number of hydrogen-bond acceptors (Lipinski definition) is 4. The molecule has 2 aliphatic heterocycles. The van der Waals surface area contributed by atoms with Gasteiger partial charge in [0.1, 0.15) is 5.75 Å². The highest BCUT2D eigenvalue weighted by Gasteiger charge is 2.31. The Kier molecular flexibility index (Phi) is 4.86. The number of fused-ring (bicyclic) bond motifs is 1. The predicted molar refractivity (Wildman–Crippen MR) is 84.3 cm³/mol. The maximum absolute atomic E-state index is 12.5. The highest BCUT2D eigenvalue weighted by Crippen LogP contribution is 2.36. The molecule has 2 aliphatic rings. The zero-order valence-electron chi connectivity index (χ0n) is 12.6. The molecule has 3 atom stereocenters. The molecule has 6 heteroatoms. The Morgan fingerprint density at radius 3 is 3.14 bits per heavy atom. The molecule has 2 heterocycles. The largest absolute Gasteiger partial charge is 0.492 e. The quantitative estimate of drug-likeness (QED) is 0.893. The highest BCUT2D eigenvalue weighted by atomic mass is 35.5. The summed E-state index contributed by atoms with van der Waals surface area (Å²) in [6.45, 7) is 1.33. The van der Waals surface area contributed by atoms with E-state index in [-0.39, 0.29) is 24.1 Å². The fourth-order valence-corrected chi connectivity index (χ4v) is 3.31. The summed E-state index contributed by atoms with van der Waals surface area (Å²) in [5.41, 5.74) is 0.958. The molecule has 120 valence electrons. The molecular weight excluding hydrogens is 304 g/mol. The van der Waals surface area contributed by atoms with Crippen molar-refractivity contribution in [2.45, 2.75) is 37.5 Å². The second-order valence-corrected chi connectivity index (χ2v) is 6.17. The lowest BCUT2D eigenvalue weighted by Crippen LogP contribution is -2.42. The number of ether oxygens (including phenoxy) is 2. The number of nitrogens with one attached hydrogen (secondary N) is 2. The van der Waals surface area contributed by atoms with Crippen molar-refractivity contribution in [1.82, 2.24) is 10.6 Å². The van der Waals surface area contributed by atoms with E-state index in [1.54, 1.807) is 7.11 Å². The van der Waals surface area contributed by atoms with Crippen molar-refractivity contribution in [2.75, 3.05) is 20.3 Å². The van der Waals surface area contributed by atoms with E-state index >= 15 is 0 Å². The number of carbonyl (C=O) groups is 1. The molecule has 3 rings (SSSR count). The summed E-state index contributed by atoms with van der Waals surface area (Å²) in [4.78, 5) is 12.5. The number of benzene rings is 1. The Hall–Kier alpha value is -1.30. The predicted octanol–water partition coefficient (Wildman–Crippen LogP) is 2.05. The van der Waals surface area contributed by atoms with Gasteiger partial charge < -0.3 is 20.1 Å². The smallest absolute Gasteiger partial charge is 0.237 e. The van der Waals surface area contributed by atoms with Gasteiger partial charge in [-0.2, -0.15) is 0 Å². The molecule has 1 aromatic rings. The summed E-state index contributed by atoms with van der Waals surface area (Å²) in [5.74, 6) is 0.707. The Balaban J connectivity index is 1.73. The number of halogens is 1. The van der Waals surface area contributed by atoms with Gasteiger partial charge in [-0.25, -0.2) is 0 Å². The minimum Gasteiger partial charge on any atom is -0.492 e. The number of methoxy groups -OCH3 is 1. The molecule has 0 bridgehead atoms. The number of hydrogen-bond donors (Lipinski definition) is 2. The Bertz CT molecular complexity index is 552. The molecule has 0 aliphatic carbocycles. The van der Waals surface area contributed by atoms with Crippen LogP contribution < -0.4 is 15.4 Å². The molecule has 1 aromatic carbocycles. The first-order chi connectivity index (χ1) is 10.7. The molecule has 5 nitrogen and oxygen atoms in total. The van der Waals surface area contributed by atoms with Crippen LogP contribution in [-0.4, -0.2) is 38.3 Å². The molecule has 0 unspecified atom stereocenters. The van der Waals surface area contributed by atoms with Gasteiger partial charge in [-0.15, -0.1) is 0 Å². The molecule has 1 amide bonds. The fraction of sp³-hybridized carbons (Fsp3) is 0.562. The maximum atomic E-state index is 12.5. The lowest BCUT2D eigenvalue weighted by molar-refractivity contribution is -0.123. The van der Waals surface area contributed by atoms with Gasteiger partial charge in [0.05, 0.1) is 29.8 Å². The van der Waals surface area contributed by atoms with Crippen molar-refractivity contribution in [3.05, 3.63) is 28.8 Å². The monoisotopic (exact) mass is 324 g/mol. The van der Waals surface area contributed by atoms with Gasteiger partial charge in [-0.3, -0.25) is 4.79 Å². The van der Waals surface area contributed by atoms with Crippen molar-refractivity contribution < 1.29 is 14.3 Å². The zero-order chi connectivity index (χ0) is 15.5. The first kappa shape index (κ1) is 15.6. The van der Waals surface area contributed by atoms with Crippen LogP contribution in [0.15, 0.2) is 18.2 Å². The molecule has 0 spiro atoms. The van der Waals surface area contributed by atoms with E-state index in [9.17, 15) is 4.79 Å². The van der Waals surface area contributed by atoms with Crippen LogP contribution in [0.25, 0.3) is 0 Å². The third kappa shape index (κ3) is 3.21. The number of para-hydroxylation sites is 1. The first-order valence-corrected chi connectivity index (χ1v) is 8.04. The third-order valence-corrected chi connectivity index (χ3v) is 4.61. The normalized spacial score (nSPS) is 27.6. The Morgan fingerprint density at radius 1 is 1.50 bits per heavy atom. The summed E-state index contributed by atoms with van der Waals surface area (Å²) < 4.78 is 11.0. The summed E-state index contributed by atoms with van der Waals surface area (Å²) in [5, 5.41) is 6.93. The second-order valence-electron chi connectivity index (χ2n) is 5.76. The molecule has 1 saturated heterocycles. The molecule has 1 fully saturated rings. The highest BCUT2D eigenvalue weighted by molar-refractivity contribution is 6.32. The average molecular weight is 325 g/mol. The SMILES string of the molecule is CO[C@@H]1CN[C@@H](C(=O)N[C@H]2CCCOc3c(Cl)cccc32)C1. The number of amides is 1. The zero-order valence-corrected chi connectivity index (χ0v) is 13.4. The van der Waals surface area contributed by atoms with Gasteiger partial charge in [0.15, 0.2) is 0 Å². The van der Waals surface area contributed by atoms with Crippen molar-refractivity contribution >= 4 is 17.5 Å². The van der Waals surface area contributed by atoms with Gasteiger partial charge in [0.25, 0.3) is 0 Å². The van der Waals surface area contributed by atoms with Gasteiger partial charge in [-0.1, -0.05) is 23.7 Å². The summed E-state index contributed by atoms with van der Waals surface area (Å²) >= 11 is 6.22. The Labute approximate surface area is 135 Å². The van der Waals surface area contributed by atoms with E-state index in [1.807, 2.05) is 18.2 Å². The van der Waals surface area contributed by atoms with Crippen molar-refractivity contribution in [2.24, 2.45) is 0 Å². The molecule has 2 N–H and O–H groups in total. The van der Waals surface area contributed by atoms with Gasteiger partial charge >= 0.3 is 0 Å². The fourth-order valence-electron chi connectivity index (χ4n) is 3.07. The van der Waals surface area contributed by atoms with Crippen LogP contribution in [-0.2, 0) is 9.53 Å². The van der Waals surface area contributed by atoms with Gasteiger partial charge in [0.2, 0.25) is 5.91 Å². The number of carbonyl (C=O) groups excluding carboxylic acids is 1. The van der Waals surface area contributed by atoms with Crippen LogP contribution in [0.2, 0.25) is 5.02 Å². The standard InChI is InChI=1S/C16H21ClN2O3/c1-21-10-8-14(18-9-10)16(20)19-13-6-3-7-22-15-11(13)4-2-5-12(15)17/h2,4-5,10,13-14,18H,3,6-9H2,1H3,(H,19,20)/t10-,13-,14+/m0/s1. The van der Waals surface area contributed by atoms with Crippen molar-refractivity contribution in [1.29, 1.82) is 0 Å². The van der Waals surface area contributed by atoms with E-state index in [0.29, 0.717) is 30.3 Å². The van der Waals surface area contributed by atoms with Crippen LogP contribution in [0.4, 0.5) is 0 Å². The van der Waals surface area contributed by atoms with E-state index in [4.69, 9.17) is 21.1 Å². The molecule has 0 saturated carbocycles. The molecule has 22 heavy (non-hydrogen) atoms. The molecular formula is C16H21ClN2O3. The molecule has 0 radical (unpaired) electrons. The minimum atomic E-state index is -0.197. The van der Waals surface area contributed by atoms with Gasteiger partial charge in [-0.05, 0) is 25.3 Å². The van der Waals surface area contributed by atoms with Crippen LogP contribution in [0.3, 0.4) is 0 Å². The summed E-state index contributed by atoms with van der Waals surface area (Å²) in [7, 11) is 1.67. The third-order valence-electron chi connectivity index (χ3n) is 4.31. The average Bonchev–Trinajstić information content (AvgIpc) is 2.91. The van der Waals surface area contributed by atoms with Crippen LogP contribution in [0.1, 0.15) is 30.9 Å². The van der Waals surface area contributed by atoms with E-state index < -0.39 is 0 Å². The number of rotatable bonds is 3. The van der Waals surface area contributed by atoms with Crippen molar-refractivity contribution in [3.8, 4) is 5.75 Å². The first-order valence-electron chi connectivity index (χ1n) is 7.67. The van der Waals surface area contributed by atoms with Gasteiger partial charge in [0, 0.05) is 19.2 Å². The van der Waals surface area contributed by atoms with Crippen LogP contribution in [0.5, 0.6) is 5.75 Å². The second kappa shape index (κ2) is 6.86.